The minimum atomic E-state index is -4.76. The molecule has 0 aromatic heterocycles. The predicted molar refractivity (Wildman–Crippen MR) is 154 cm³/mol. The second kappa shape index (κ2) is 15.3. The summed E-state index contributed by atoms with van der Waals surface area (Å²) < 4.78 is 78.9. The van der Waals surface area contributed by atoms with Crippen molar-refractivity contribution in [2.24, 2.45) is 17.6 Å². The maximum absolute atomic E-state index is 12.7. The van der Waals surface area contributed by atoms with E-state index in [9.17, 15) is 35.9 Å². The van der Waals surface area contributed by atoms with Crippen molar-refractivity contribution in [1.82, 2.24) is 0 Å². The SMILES string of the molecule is C.COc1cc(F)c(F)cc1C(N)=O.Cc1cccc(C=C2C3CCC2CC3)c1.O=CNc1ccc(F)c(C(F)(F)F)c1. The van der Waals surface area contributed by atoms with E-state index >= 15 is 0 Å². The molecule has 0 heterocycles. The van der Waals surface area contributed by atoms with Gasteiger partial charge in [-0.1, -0.05) is 48.9 Å². The first-order valence-electron chi connectivity index (χ1n) is 13.0. The monoisotopic (exact) mass is 608 g/mol. The van der Waals surface area contributed by atoms with Crippen LogP contribution >= 0.6 is 0 Å². The highest BCUT2D eigenvalue weighted by atomic mass is 19.4. The van der Waals surface area contributed by atoms with Crippen molar-refractivity contribution in [3.05, 3.63) is 99.9 Å². The van der Waals surface area contributed by atoms with Gasteiger partial charge in [-0.05, 0) is 74.3 Å². The van der Waals surface area contributed by atoms with E-state index in [0.717, 1.165) is 24.0 Å². The average molecular weight is 609 g/mol. The average Bonchev–Trinajstić information content (AvgIpc) is 3.50. The van der Waals surface area contributed by atoms with E-state index in [2.05, 4.69) is 42.0 Å². The van der Waals surface area contributed by atoms with Gasteiger partial charge in [-0.25, -0.2) is 13.2 Å². The van der Waals surface area contributed by atoms with E-state index in [1.165, 1.54) is 43.9 Å². The van der Waals surface area contributed by atoms with Crippen molar-refractivity contribution in [3.63, 3.8) is 0 Å². The van der Waals surface area contributed by atoms with Crippen LogP contribution in [0.1, 0.15) is 60.2 Å². The molecule has 5 rings (SSSR count). The Morgan fingerprint density at radius 1 is 0.930 bits per heavy atom. The molecular weight excluding hydrogens is 574 g/mol. The highest BCUT2D eigenvalue weighted by Crippen LogP contribution is 2.49. The molecular formula is C32H34F6N2O3. The van der Waals surface area contributed by atoms with Gasteiger partial charge in [-0.15, -0.1) is 0 Å². The molecule has 0 spiro atoms. The Balaban J connectivity index is 0.000000223. The van der Waals surface area contributed by atoms with Crippen LogP contribution in [0.3, 0.4) is 0 Å². The van der Waals surface area contributed by atoms with Crippen LogP contribution in [0.25, 0.3) is 6.08 Å². The van der Waals surface area contributed by atoms with E-state index < -0.39 is 35.1 Å². The zero-order valence-corrected chi connectivity index (χ0v) is 22.9. The van der Waals surface area contributed by atoms with Crippen LogP contribution in [0.15, 0.2) is 60.2 Å². The fraction of sp³-hybridized carbons (Fsp3) is 0.312. The molecule has 11 heteroatoms. The summed E-state index contributed by atoms with van der Waals surface area (Å²) >= 11 is 0. The molecule has 2 aliphatic carbocycles. The van der Waals surface area contributed by atoms with Gasteiger partial charge in [-0.2, -0.15) is 13.2 Å². The topological polar surface area (TPSA) is 81.4 Å². The number of benzene rings is 3. The quantitative estimate of drug-likeness (QED) is 0.226. The van der Waals surface area contributed by atoms with Crippen molar-refractivity contribution < 1.29 is 40.7 Å². The molecule has 0 aliphatic heterocycles. The number of rotatable bonds is 5. The van der Waals surface area contributed by atoms with Gasteiger partial charge in [0.2, 0.25) is 6.41 Å². The number of aryl methyl sites for hydroxylation is 1. The van der Waals surface area contributed by atoms with Crippen molar-refractivity contribution in [3.8, 4) is 5.75 Å². The number of ether oxygens (including phenoxy) is 1. The Morgan fingerprint density at radius 3 is 2.05 bits per heavy atom. The van der Waals surface area contributed by atoms with Crippen LogP contribution in [-0.2, 0) is 11.0 Å². The molecule has 0 radical (unpaired) electrons. The summed E-state index contributed by atoms with van der Waals surface area (Å²) in [6.07, 6.45) is 3.70. The molecule has 2 amide bonds. The van der Waals surface area contributed by atoms with Crippen molar-refractivity contribution >= 4 is 24.1 Å². The Kier molecular flexibility index (Phi) is 12.4. The summed E-state index contributed by atoms with van der Waals surface area (Å²) in [5.74, 6) is -2.67. The lowest BCUT2D eigenvalue weighted by molar-refractivity contribution is -0.140. The van der Waals surface area contributed by atoms with Crippen LogP contribution in [0.5, 0.6) is 5.75 Å². The molecule has 3 aromatic carbocycles. The largest absolute Gasteiger partial charge is 0.496 e. The highest BCUT2D eigenvalue weighted by Gasteiger charge is 2.36. The summed E-state index contributed by atoms with van der Waals surface area (Å²) in [6.45, 7) is 2.17. The van der Waals surface area contributed by atoms with Gasteiger partial charge in [0.25, 0.3) is 5.91 Å². The van der Waals surface area contributed by atoms with Crippen LogP contribution < -0.4 is 15.8 Å². The number of nitrogens with two attached hydrogens (primary N) is 1. The standard InChI is InChI=1S/C15H18.C8H5F4NO.C8H7F2NO2.CH4/c1-11-3-2-4-12(9-11)10-15-13-5-6-14(15)8-7-13;9-7-2-1-5(13-4-14)3-6(7)8(10,11)12;1-13-7-3-6(10)5(9)2-4(7)8(11)12;/h2-4,9-10,13-14H,5-8H2,1H3;1-4H,(H,13,14);2-3H,1H3,(H2,11,12);1H4. The zero-order chi connectivity index (χ0) is 31.0. The Labute approximate surface area is 246 Å². The molecule has 232 valence electrons. The number of amides is 2. The normalized spacial score (nSPS) is 16.5. The third-order valence-electron chi connectivity index (χ3n) is 7.05. The number of methoxy groups -OCH3 is 1. The second-order valence-corrected chi connectivity index (χ2v) is 9.89. The highest BCUT2D eigenvalue weighted by molar-refractivity contribution is 5.95. The number of alkyl halides is 3. The summed E-state index contributed by atoms with van der Waals surface area (Å²) in [7, 11) is 1.24. The third kappa shape index (κ3) is 9.36. The Hall–Kier alpha value is -4.28. The number of carbonyl (C=O) groups excluding carboxylic acids is 2. The number of allylic oxidation sites excluding steroid dienone is 1. The van der Waals surface area contributed by atoms with Crippen LogP contribution in [0, 0.1) is 36.2 Å². The number of hydrogen-bond donors (Lipinski definition) is 2. The molecule has 2 fully saturated rings. The summed E-state index contributed by atoms with van der Waals surface area (Å²) in [6, 6.07) is 12.6. The van der Waals surface area contributed by atoms with E-state index in [-0.39, 0.29) is 30.8 Å². The molecule has 5 nitrogen and oxygen atoms in total. The van der Waals surface area contributed by atoms with Gasteiger partial charge in [0, 0.05) is 11.8 Å². The number of anilines is 1. The molecule has 43 heavy (non-hydrogen) atoms. The number of nitrogens with one attached hydrogen (secondary N) is 1. The zero-order valence-electron chi connectivity index (χ0n) is 22.9. The van der Waals surface area contributed by atoms with Crippen LogP contribution in [0.4, 0.5) is 32.0 Å². The number of halogens is 6. The van der Waals surface area contributed by atoms with Gasteiger partial charge in [0.05, 0.1) is 18.2 Å². The number of fused-ring (bicyclic) bond motifs is 2. The lowest BCUT2D eigenvalue weighted by Crippen LogP contribution is -2.13. The fourth-order valence-corrected chi connectivity index (χ4v) is 5.07. The predicted octanol–water partition coefficient (Wildman–Crippen LogP) is 8.32. The Bertz CT molecular complexity index is 1430. The first kappa shape index (κ1) is 34.9. The van der Waals surface area contributed by atoms with Gasteiger partial charge in [0.15, 0.2) is 11.6 Å². The molecule has 0 atom stereocenters. The minimum absolute atomic E-state index is 0. The number of hydrogen-bond acceptors (Lipinski definition) is 3. The lowest BCUT2D eigenvalue weighted by Gasteiger charge is -2.09. The molecule has 2 bridgehead atoms. The number of primary amides is 1. The van der Waals surface area contributed by atoms with Gasteiger partial charge in [0.1, 0.15) is 11.6 Å². The van der Waals surface area contributed by atoms with E-state index in [0.29, 0.717) is 18.2 Å². The smallest absolute Gasteiger partial charge is 0.419 e. The van der Waals surface area contributed by atoms with Crippen molar-refractivity contribution in [2.75, 3.05) is 12.4 Å². The first-order chi connectivity index (χ1) is 19.8. The lowest BCUT2D eigenvalue weighted by atomic mass is 10.0. The van der Waals surface area contributed by atoms with Gasteiger partial charge < -0.3 is 15.8 Å². The van der Waals surface area contributed by atoms with Crippen molar-refractivity contribution in [1.29, 1.82) is 0 Å². The first-order valence-corrected chi connectivity index (χ1v) is 13.0. The Morgan fingerprint density at radius 2 is 1.53 bits per heavy atom. The summed E-state index contributed by atoms with van der Waals surface area (Å²) in [5.41, 5.74) is 7.75. The van der Waals surface area contributed by atoms with Gasteiger partial charge >= 0.3 is 6.18 Å². The maximum atomic E-state index is 12.7. The maximum Gasteiger partial charge on any atom is 0.419 e. The summed E-state index contributed by atoms with van der Waals surface area (Å²) in [4.78, 5) is 20.6. The molecule has 2 aliphatic rings. The fourth-order valence-electron chi connectivity index (χ4n) is 5.07. The van der Waals surface area contributed by atoms with E-state index in [4.69, 9.17) is 5.73 Å². The molecule has 0 saturated heterocycles. The molecule has 3 N–H and O–H groups in total. The number of carbonyl (C=O) groups is 2. The van der Waals surface area contributed by atoms with Crippen molar-refractivity contribution in [2.45, 2.75) is 46.2 Å². The van der Waals surface area contributed by atoms with Crippen LogP contribution in [-0.4, -0.2) is 19.4 Å². The molecule has 2 saturated carbocycles. The van der Waals surface area contributed by atoms with E-state index in [1.54, 1.807) is 5.57 Å². The summed E-state index contributed by atoms with van der Waals surface area (Å²) in [5, 5.41) is 2.00. The van der Waals surface area contributed by atoms with Crippen LogP contribution in [0.2, 0.25) is 0 Å². The van der Waals surface area contributed by atoms with Gasteiger partial charge in [-0.3, -0.25) is 9.59 Å². The second-order valence-electron chi connectivity index (χ2n) is 9.89. The molecule has 3 aromatic rings. The third-order valence-corrected chi connectivity index (χ3v) is 7.05. The minimum Gasteiger partial charge on any atom is -0.496 e. The molecule has 0 unspecified atom stereocenters. The van der Waals surface area contributed by atoms with E-state index in [1.807, 2.05) is 5.32 Å².